The van der Waals surface area contributed by atoms with E-state index in [0.29, 0.717) is 75.6 Å². The minimum atomic E-state index is -4.03. The lowest BCUT2D eigenvalue weighted by Crippen LogP contribution is -2.43. The van der Waals surface area contributed by atoms with Crippen molar-refractivity contribution in [1.82, 2.24) is 0 Å². The number of benzene rings is 5. The van der Waals surface area contributed by atoms with Gasteiger partial charge in [-0.25, -0.2) is 0 Å². The first-order valence-electron chi connectivity index (χ1n) is 25.3. The summed E-state index contributed by atoms with van der Waals surface area (Å²) < 4.78 is 48.4. The van der Waals surface area contributed by atoms with Gasteiger partial charge in [0.1, 0.15) is 24.2 Å². The topological polar surface area (TPSA) is 198 Å². The van der Waals surface area contributed by atoms with E-state index in [2.05, 4.69) is 9.50 Å². The number of rotatable bonds is 20. The van der Waals surface area contributed by atoms with Gasteiger partial charge in [0.2, 0.25) is 5.91 Å². The Morgan fingerprint density at radius 3 is 1.80 bits per heavy atom. The molecule has 0 saturated heterocycles. The molecule has 3 N–H and O–H groups in total. The summed E-state index contributed by atoms with van der Waals surface area (Å²) >= 11 is 0. The molecule has 0 saturated carbocycles. The van der Waals surface area contributed by atoms with E-state index in [1.807, 2.05) is 99.6 Å². The molecule has 0 radical (unpaired) electrons. The quantitative estimate of drug-likeness (QED) is 0.0494. The normalized spacial score (nSPS) is 19.8. The Morgan fingerprint density at radius 1 is 0.707 bits per heavy atom. The molecule has 5 unspecified atom stereocenters. The smallest absolute Gasteiger partial charge is 0.277 e. The number of ether oxygens (including phenoxy) is 3. The maximum absolute atomic E-state index is 14.2. The van der Waals surface area contributed by atoms with Crippen LogP contribution in [0.3, 0.4) is 0 Å². The molecule has 396 valence electrons. The first-order chi connectivity index (χ1) is 36.0. The summed E-state index contributed by atoms with van der Waals surface area (Å²) in [5.41, 5.74) is 8.57. The third-order valence-electron chi connectivity index (χ3n) is 14.6. The Balaban J connectivity index is 0.922. The SMILES string of the molecule is CCC(=O)C(CC(C)SSC(C)CCC(=O)Nc1cc(COc2cc3c(cc2C)C(=O)N2c4ccccc4C[C@H]2C(O)C3)cc(COc2cc3c(cc2OC)C(=O)N2c4ccccc4C[C@H]2C(O)C3)c1)S(=O)(=O)OC. The van der Waals surface area contributed by atoms with Gasteiger partial charge in [0, 0.05) is 64.4 Å². The molecule has 0 aromatic heterocycles. The summed E-state index contributed by atoms with van der Waals surface area (Å²) in [6.07, 6.45) is 0.910. The lowest BCUT2D eigenvalue weighted by molar-refractivity contribution is -0.118. The van der Waals surface area contributed by atoms with Gasteiger partial charge in [-0.3, -0.25) is 23.4 Å². The molecule has 0 bridgehead atoms. The van der Waals surface area contributed by atoms with Crippen LogP contribution in [-0.4, -0.2) is 96.4 Å². The Labute approximate surface area is 446 Å². The van der Waals surface area contributed by atoms with E-state index in [0.717, 1.165) is 35.2 Å². The molecular formula is C57H63N3O12S3. The van der Waals surface area contributed by atoms with E-state index in [1.54, 1.807) is 28.9 Å². The van der Waals surface area contributed by atoms with Crippen molar-refractivity contribution in [3.8, 4) is 17.2 Å². The van der Waals surface area contributed by atoms with Crippen LogP contribution in [0.4, 0.5) is 17.1 Å². The summed E-state index contributed by atoms with van der Waals surface area (Å²) in [7, 11) is 1.54. The summed E-state index contributed by atoms with van der Waals surface area (Å²) in [5, 5.41) is 24.6. The molecule has 75 heavy (non-hydrogen) atoms. The van der Waals surface area contributed by atoms with Crippen LogP contribution in [-0.2, 0) is 62.8 Å². The maximum atomic E-state index is 14.2. The summed E-state index contributed by atoms with van der Waals surface area (Å²) in [6.45, 7) is 7.48. The van der Waals surface area contributed by atoms with Gasteiger partial charge >= 0.3 is 0 Å². The van der Waals surface area contributed by atoms with E-state index >= 15 is 0 Å². The van der Waals surface area contributed by atoms with Gasteiger partial charge in [-0.1, -0.05) is 78.8 Å². The van der Waals surface area contributed by atoms with Crippen LogP contribution in [0.1, 0.15) is 106 Å². The van der Waals surface area contributed by atoms with Crippen LogP contribution >= 0.6 is 21.6 Å². The standard InChI is InChI=1S/C57H63N3O12S3/c1-7-48(61)54(75(67,68)70-6)19-34(4)74-73-33(3)16-17-55(64)58-41-21-35(30-71-51-27-39-25-49(62)46-23-37-12-8-10-14-44(37)59(46)56(65)42(39)18-32(51)2)20-36(22-41)31-72-53-28-40-26-50(63)47-24-38-13-9-11-15-45(38)60(47)57(66)43(40)29-52(53)69-5/h8-15,18,20-22,27-29,33-34,46-47,49-50,54,62-63H,7,16-17,19,23-26,30-31H2,1-6H3,(H,58,64)/t33?,34?,46-,47-,49?,50?,54?/m0/s1. The number of aryl methyl sites for hydroxylation is 1. The minimum absolute atomic E-state index is 0.0133. The van der Waals surface area contributed by atoms with E-state index in [-0.39, 0.29) is 79.6 Å². The van der Waals surface area contributed by atoms with Crippen molar-refractivity contribution in [1.29, 1.82) is 0 Å². The Kier molecular flexibility index (Phi) is 16.4. The Bertz CT molecular complexity index is 3130. The monoisotopic (exact) mass is 1080 g/mol. The first kappa shape index (κ1) is 53.9. The van der Waals surface area contributed by atoms with Crippen molar-refractivity contribution >= 4 is 72.3 Å². The molecule has 5 aromatic rings. The highest BCUT2D eigenvalue weighted by Crippen LogP contribution is 2.43. The minimum Gasteiger partial charge on any atom is -0.493 e. The fourth-order valence-corrected chi connectivity index (χ4v) is 14.6. The molecule has 9 rings (SSSR count). The van der Waals surface area contributed by atoms with Crippen LogP contribution in [0.15, 0.2) is 91.0 Å². The van der Waals surface area contributed by atoms with E-state index in [1.165, 1.54) is 28.7 Å². The number of Topliss-reactive ketones (excluding diaryl/α,β-unsaturated/α-hetero) is 1. The van der Waals surface area contributed by atoms with Gasteiger partial charge in [0.15, 0.2) is 17.3 Å². The molecule has 0 spiro atoms. The highest BCUT2D eigenvalue weighted by atomic mass is 33.1. The number of nitrogens with one attached hydrogen (secondary N) is 1. The number of para-hydroxylation sites is 2. The van der Waals surface area contributed by atoms with Crippen LogP contribution in [0, 0.1) is 6.92 Å². The zero-order valence-corrected chi connectivity index (χ0v) is 45.3. The molecule has 4 aliphatic heterocycles. The van der Waals surface area contributed by atoms with Gasteiger partial charge in [-0.15, -0.1) is 0 Å². The Morgan fingerprint density at radius 2 is 1.24 bits per heavy atom. The predicted octanol–water partition coefficient (Wildman–Crippen LogP) is 8.73. The van der Waals surface area contributed by atoms with Crippen LogP contribution < -0.4 is 29.3 Å². The zero-order valence-electron chi connectivity index (χ0n) is 42.9. The number of anilines is 3. The number of amides is 3. The second-order valence-corrected chi connectivity index (χ2v) is 24.9. The van der Waals surface area contributed by atoms with Crippen LogP contribution in [0.2, 0.25) is 0 Å². The van der Waals surface area contributed by atoms with Crippen molar-refractivity contribution in [2.45, 2.75) is 132 Å². The number of aliphatic hydroxyl groups is 2. The number of hydrogen-bond acceptors (Lipinski definition) is 14. The van der Waals surface area contributed by atoms with Gasteiger partial charge in [-0.05, 0) is 126 Å². The van der Waals surface area contributed by atoms with Gasteiger partial charge in [-0.2, -0.15) is 8.42 Å². The summed E-state index contributed by atoms with van der Waals surface area (Å²) in [4.78, 5) is 57.9. The third kappa shape index (κ3) is 11.5. The molecule has 4 aliphatic rings. The average molecular weight is 1080 g/mol. The second kappa shape index (κ2) is 22.8. The number of methoxy groups -OCH3 is 1. The van der Waals surface area contributed by atoms with E-state index in [9.17, 15) is 37.8 Å². The molecular weight excluding hydrogens is 1010 g/mol. The molecule has 4 heterocycles. The summed E-state index contributed by atoms with van der Waals surface area (Å²) in [5.74, 6) is 0.272. The van der Waals surface area contributed by atoms with Gasteiger partial charge in [0.05, 0.1) is 38.5 Å². The molecule has 5 aromatic carbocycles. The number of carbonyl (C=O) groups excluding carboxylic acids is 4. The van der Waals surface area contributed by atoms with E-state index in [4.69, 9.17) is 14.2 Å². The van der Waals surface area contributed by atoms with Crippen molar-refractivity contribution < 1.29 is 56.2 Å². The van der Waals surface area contributed by atoms with Crippen LogP contribution in [0.25, 0.3) is 0 Å². The van der Waals surface area contributed by atoms with Gasteiger partial charge in [0.25, 0.3) is 21.9 Å². The molecule has 18 heteroatoms. The lowest BCUT2D eigenvalue weighted by atomic mass is 9.96. The number of nitrogens with zero attached hydrogens (tertiary/aromatic N) is 2. The number of carbonyl (C=O) groups is 4. The number of fused-ring (bicyclic) bond motifs is 8. The molecule has 3 amide bonds. The highest BCUT2D eigenvalue weighted by Gasteiger charge is 2.44. The predicted molar refractivity (Wildman–Crippen MR) is 292 cm³/mol. The van der Waals surface area contributed by atoms with Crippen molar-refractivity contribution in [3.63, 3.8) is 0 Å². The molecule has 0 aliphatic carbocycles. The number of hydrogen-bond donors (Lipinski definition) is 3. The molecule has 15 nitrogen and oxygen atoms in total. The van der Waals surface area contributed by atoms with Crippen molar-refractivity contribution in [3.05, 3.63) is 141 Å². The Hall–Kier alpha value is -5.89. The summed E-state index contributed by atoms with van der Waals surface area (Å²) in [6, 6.07) is 27.3. The van der Waals surface area contributed by atoms with Crippen molar-refractivity contribution in [2.75, 3.05) is 29.3 Å². The second-order valence-electron chi connectivity index (χ2n) is 19.8. The maximum Gasteiger partial charge on any atom is 0.277 e. The molecule has 0 fully saturated rings. The fraction of sp³-hybridized carbons (Fsp3) is 0.404. The zero-order chi connectivity index (χ0) is 53.3. The fourth-order valence-electron chi connectivity index (χ4n) is 10.7. The average Bonchev–Trinajstić information content (AvgIpc) is 3.95. The third-order valence-corrected chi connectivity index (χ3v) is 19.7. The number of ketones is 1. The lowest BCUT2D eigenvalue weighted by Gasteiger charge is -2.26. The largest absolute Gasteiger partial charge is 0.493 e. The number of aliphatic hydroxyl groups excluding tert-OH is 2. The van der Waals surface area contributed by atoms with Gasteiger partial charge < -0.3 is 39.5 Å². The first-order valence-corrected chi connectivity index (χ1v) is 29.1. The van der Waals surface area contributed by atoms with Crippen molar-refractivity contribution in [2.24, 2.45) is 0 Å². The highest BCUT2D eigenvalue weighted by molar-refractivity contribution is 8.77. The van der Waals surface area contributed by atoms with E-state index < -0.39 is 39.4 Å². The molecule has 7 atom stereocenters. The van der Waals surface area contributed by atoms with Crippen LogP contribution in [0.5, 0.6) is 17.2 Å².